The molecule has 7 nitrogen and oxygen atoms in total. The number of amides is 2. The van der Waals surface area contributed by atoms with Crippen molar-refractivity contribution in [2.75, 3.05) is 18.4 Å². The Morgan fingerprint density at radius 1 is 1.12 bits per heavy atom. The van der Waals surface area contributed by atoms with Gasteiger partial charge >= 0.3 is 0 Å². The zero-order valence-electron chi connectivity index (χ0n) is 17.6. The Kier molecular flexibility index (Phi) is 6.83. The number of sulfonamides is 1. The highest BCUT2D eigenvalue weighted by molar-refractivity contribution is 7.89. The molecule has 170 valence electrons. The first kappa shape index (κ1) is 22.8. The van der Waals surface area contributed by atoms with Crippen molar-refractivity contribution in [1.29, 1.82) is 0 Å². The molecule has 2 aliphatic rings. The van der Waals surface area contributed by atoms with Crippen LogP contribution in [0.25, 0.3) is 0 Å². The molecule has 0 bridgehead atoms. The molecule has 0 unspecified atom stereocenters. The van der Waals surface area contributed by atoms with Gasteiger partial charge in [0, 0.05) is 42.7 Å². The van der Waals surface area contributed by atoms with Crippen molar-refractivity contribution in [1.82, 2.24) is 9.62 Å². The second-order valence-corrected chi connectivity index (χ2v) is 10.6. The number of carbonyl (C=O) groups excluding carboxylic acids is 2. The van der Waals surface area contributed by atoms with Gasteiger partial charge in [-0.1, -0.05) is 29.8 Å². The minimum Gasteiger partial charge on any atom is -0.352 e. The summed E-state index contributed by atoms with van der Waals surface area (Å²) in [7, 11) is -3.66. The van der Waals surface area contributed by atoms with Crippen LogP contribution >= 0.6 is 11.6 Å². The van der Waals surface area contributed by atoms with Gasteiger partial charge in [-0.05, 0) is 61.1 Å². The van der Waals surface area contributed by atoms with Gasteiger partial charge in [0.05, 0.1) is 4.90 Å². The molecule has 2 heterocycles. The lowest BCUT2D eigenvalue weighted by Gasteiger charge is -2.30. The van der Waals surface area contributed by atoms with Crippen LogP contribution in [0, 0.1) is 5.92 Å². The largest absolute Gasteiger partial charge is 0.352 e. The van der Waals surface area contributed by atoms with Crippen LogP contribution in [0.5, 0.6) is 0 Å². The molecule has 0 aliphatic carbocycles. The summed E-state index contributed by atoms with van der Waals surface area (Å²) in [6.45, 7) is 0.934. The minimum atomic E-state index is -3.66. The highest BCUT2D eigenvalue weighted by Gasteiger charge is 2.32. The molecule has 4 rings (SSSR count). The fourth-order valence-electron chi connectivity index (χ4n) is 4.19. The Morgan fingerprint density at radius 2 is 1.88 bits per heavy atom. The molecule has 2 aliphatic heterocycles. The summed E-state index contributed by atoms with van der Waals surface area (Å²) in [5.41, 5.74) is 2.37. The Morgan fingerprint density at radius 3 is 2.62 bits per heavy atom. The van der Waals surface area contributed by atoms with Gasteiger partial charge in [-0.25, -0.2) is 8.42 Å². The second-order valence-electron chi connectivity index (χ2n) is 8.21. The molecule has 0 spiro atoms. The third-order valence-corrected chi connectivity index (χ3v) is 8.34. The van der Waals surface area contributed by atoms with E-state index in [1.54, 1.807) is 24.3 Å². The topological polar surface area (TPSA) is 95.6 Å². The maximum absolute atomic E-state index is 13.2. The molecule has 0 radical (unpaired) electrons. The zero-order chi connectivity index (χ0) is 22.7. The Balaban J connectivity index is 1.37. The number of rotatable bonds is 5. The number of carbonyl (C=O) groups is 2. The van der Waals surface area contributed by atoms with E-state index in [1.165, 1.54) is 4.31 Å². The van der Waals surface area contributed by atoms with E-state index in [9.17, 15) is 18.0 Å². The molecular weight excluding hydrogens is 450 g/mol. The van der Waals surface area contributed by atoms with Crippen molar-refractivity contribution in [3.05, 3.63) is 58.6 Å². The minimum absolute atomic E-state index is 0.0470. The zero-order valence-corrected chi connectivity index (χ0v) is 19.2. The number of nitrogens with zero attached hydrogens (tertiary/aromatic N) is 1. The number of nitrogens with one attached hydrogen (secondary N) is 2. The lowest BCUT2D eigenvalue weighted by Crippen LogP contribution is -2.42. The maximum Gasteiger partial charge on any atom is 0.243 e. The summed E-state index contributed by atoms with van der Waals surface area (Å²) < 4.78 is 27.8. The van der Waals surface area contributed by atoms with Crippen molar-refractivity contribution in [2.45, 2.75) is 43.5 Å². The molecule has 1 fully saturated rings. The lowest BCUT2D eigenvalue weighted by atomic mass is 9.97. The normalized spacial score (nSPS) is 17.8. The summed E-state index contributed by atoms with van der Waals surface area (Å²) in [4.78, 5) is 24.5. The van der Waals surface area contributed by atoms with Crippen LogP contribution in [-0.4, -0.2) is 37.6 Å². The summed E-state index contributed by atoms with van der Waals surface area (Å²) in [5, 5.41) is 6.34. The number of aryl methyl sites for hydroxylation is 1. The number of piperidine rings is 1. The number of benzene rings is 2. The van der Waals surface area contributed by atoms with Crippen molar-refractivity contribution >= 4 is 39.1 Å². The first-order valence-electron chi connectivity index (χ1n) is 10.8. The number of fused-ring (bicyclic) bond motifs is 1. The van der Waals surface area contributed by atoms with E-state index in [1.807, 2.05) is 18.2 Å². The molecule has 1 saturated heterocycles. The van der Waals surface area contributed by atoms with E-state index < -0.39 is 10.0 Å². The number of anilines is 1. The van der Waals surface area contributed by atoms with E-state index >= 15 is 0 Å². The Labute approximate surface area is 193 Å². The monoisotopic (exact) mass is 475 g/mol. The van der Waals surface area contributed by atoms with Crippen LogP contribution in [0.3, 0.4) is 0 Å². The predicted octanol–water partition coefficient (Wildman–Crippen LogP) is 3.33. The highest BCUT2D eigenvalue weighted by atomic mass is 35.5. The summed E-state index contributed by atoms with van der Waals surface area (Å²) in [6.07, 6.45) is 2.72. The standard InChI is InChI=1S/C23H26ClN3O4S/c24-20-6-2-1-4-18(20)15-25-23(29)16-10-12-27(13-11-16)32(30,31)19-8-9-21-17(14-19)5-3-7-22(28)26-21/h1-2,4,6,8-9,14,16H,3,5,7,10-13,15H2,(H,25,29)(H,26,28). The van der Waals surface area contributed by atoms with Crippen molar-refractivity contribution in [3.63, 3.8) is 0 Å². The number of hydrogen-bond donors (Lipinski definition) is 2. The highest BCUT2D eigenvalue weighted by Crippen LogP contribution is 2.29. The molecule has 0 atom stereocenters. The van der Waals surface area contributed by atoms with Crippen LogP contribution in [0.15, 0.2) is 47.4 Å². The molecular formula is C23H26ClN3O4S. The second kappa shape index (κ2) is 9.60. The Hall–Kier alpha value is -2.42. The van der Waals surface area contributed by atoms with Crippen LogP contribution < -0.4 is 10.6 Å². The van der Waals surface area contributed by atoms with Gasteiger partial charge in [-0.15, -0.1) is 0 Å². The van der Waals surface area contributed by atoms with Crippen molar-refractivity contribution in [3.8, 4) is 0 Å². The van der Waals surface area contributed by atoms with Crippen LogP contribution in [0.4, 0.5) is 5.69 Å². The molecule has 0 aromatic heterocycles. The molecule has 2 aromatic rings. The first-order valence-corrected chi connectivity index (χ1v) is 12.6. The van der Waals surface area contributed by atoms with Gasteiger partial charge in [-0.2, -0.15) is 4.31 Å². The summed E-state index contributed by atoms with van der Waals surface area (Å²) in [5.74, 6) is -0.358. The lowest BCUT2D eigenvalue weighted by molar-refractivity contribution is -0.126. The maximum atomic E-state index is 13.2. The fraction of sp³-hybridized carbons (Fsp3) is 0.391. The van der Waals surface area contributed by atoms with Crippen LogP contribution in [0.1, 0.15) is 36.8 Å². The summed E-state index contributed by atoms with van der Waals surface area (Å²) >= 11 is 6.14. The fourth-order valence-corrected chi connectivity index (χ4v) is 5.91. The van der Waals surface area contributed by atoms with Crippen LogP contribution in [-0.2, 0) is 32.6 Å². The average molecular weight is 476 g/mol. The Bertz CT molecular complexity index is 1130. The van der Waals surface area contributed by atoms with Gasteiger partial charge < -0.3 is 10.6 Å². The van der Waals surface area contributed by atoms with Crippen molar-refractivity contribution < 1.29 is 18.0 Å². The van der Waals surface area contributed by atoms with Gasteiger partial charge in [-0.3, -0.25) is 9.59 Å². The van der Waals surface area contributed by atoms with E-state index in [0.29, 0.717) is 62.4 Å². The molecule has 9 heteroatoms. The van der Waals surface area contributed by atoms with E-state index in [4.69, 9.17) is 11.6 Å². The molecule has 0 saturated carbocycles. The van der Waals surface area contributed by atoms with Gasteiger partial charge in [0.15, 0.2) is 0 Å². The quantitative estimate of drug-likeness (QED) is 0.693. The van der Waals surface area contributed by atoms with E-state index in [0.717, 1.165) is 11.1 Å². The molecule has 32 heavy (non-hydrogen) atoms. The first-order chi connectivity index (χ1) is 15.3. The predicted molar refractivity (Wildman–Crippen MR) is 123 cm³/mol. The SMILES string of the molecule is O=C1CCCc2cc(S(=O)(=O)N3CCC(C(=O)NCc4ccccc4Cl)CC3)ccc2N1. The summed E-state index contributed by atoms with van der Waals surface area (Å²) in [6, 6.07) is 12.2. The third kappa shape index (κ3) is 4.98. The van der Waals surface area contributed by atoms with Gasteiger partial charge in [0.25, 0.3) is 0 Å². The van der Waals surface area contributed by atoms with Gasteiger partial charge in [0.2, 0.25) is 21.8 Å². The third-order valence-electron chi connectivity index (χ3n) is 6.07. The van der Waals surface area contributed by atoms with Gasteiger partial charge in [0.1, 0.15) is 0 Å². The number of hydrogen-bond acceptors (Lipinski definition) is 4. The van der Waals surface area contributed by atoms with E-state index in [2.05, 4.69) is 10.6 Å². The molecule has 2 aromatic carbocycles. The molecule has 2 N–H and O–H groups in total. The van der Waals surface area contributed by atoms with Crippen LogP contribution in [0.2, 0.25) is 5.02 Å². The smallest absolute Gasteiger partial charge is 0.243 e. The molecule has 2 amide bonds. The van der Waals surface area contributed by atoms with Crippen molar-refractivity contribution in [2.24, 2.45) is 5.92 Å². The number of halogens is 1. The van der Waals surface area contributed by atoms with E-state index in [-0.39, 0.29) is 22.6 Å². The average Bonchev–Trinajstić information content (AvgIpc) is 2.98.